The summed E-state index contributed by atoms with van der Waals surface area (Å²) in [5, 5.41) is 1.27. The number of aryl methyl sites for hydroxylation is 1. The third-order valence-electron chi connectivity index (χ3n) is 3.08. The Balaban J connectivity index is 1.87. The van der Waals surface area contributed by atoms with Crippen LogP contribution in [0.2, 0.25) is 10.0 Å². The minimum Gasteiger partial charge on any atom is -0.491 e. The van der Waals surface area contributed by atoms with Crippen molar-refractivity contribution in [1.29, 1.82) is 0 Å². The van der Waals surface area contributed by atoms with E-state index in [-0.39, 0.29) is 0 Å². The first-order valence-electron chi connectivity index (χ1n) is 5.97. The molecule has 1 fully saturated rings. The SMILES string of the molecule is Cc1cc(OCCN2CCCC2)c(Cl)cc1Cl. The standard InChI is InChI=1S/C13H17Cl2NO/c1-10-8-13(12(15)9-11(10)14)17-7-6-16-4-2-3-5-16/h8-9H,2-7H2,1H3. The highest BCUT2D eigenvalue weighted by atomic mass is 35.5. The highest BCUT2D eigenvalue weighted by Gasteiger charge is 2.11. The molecule has 0 spiro atoms. The van der Waals surface area contributed by atoms with Crippen molar-refractivity contribution in [3.63, 3.8) is 0 Å². The fourth-order valence-corrected chi connectivity index (χ4v) is 2.47. The fraction of sp³-hybridized carbons (Fsp3) is 0.538. The number of benzene rings is 1. The van der Waals surface area contributed by atoms with Gasteiger partial charge in [-0.2, -0.15) is 0 Å². The molecular formula is C13H17Cl2NO. The second-order valence-electron chi connectivity index (χ2n) is 4.43. The molecule has 94 valence electrons. The van der Waals surface area contributed by atoms with Crippen molar-refractivity contribution in [2.75, 3.05) is 26.2 Å². The summed E-state index contributed by atoms with van der Waals surface area (Å²) >= 11 is 12.0. The van der Waals surface area contributed by atoms with E-state index < -0.39 is 0 Å². The Kier molecular flexibility index (Phi) is 4.55. The van der Waals surface area contributed by atoms with Gasteiger partial charge in [0, 0.05) is 11.6 Å². The van der Waals surface area contributed by atoms with Gasteiger partial charge in [-0.15, -0.1) is 0 Å². The zero-order valence-electron chi connectivity index (χ0n) is 10.0. The molecule has 4 heteroatoms. The lowest BCUT2D eigenvalue weighted by molar-refractivity contribution is 0.238. The molecule has 0 atom stereocenters. The van der Waals surface area contributed by atoms with Crippen LogP contribution in [0.3, 0.4) is 0 Å². The maximum atomic E-state index is 6.07. The van der Waals surface area contributed by atoms with Crippen molar-refractivity contribution < 1.29 is 4.74 Å². The molecule has 2 nitrogen and oxygen atoms in total. The van der Waals surface area contributed by atoms with Crippen molar-refractivity contribution in [2.24, 2.45) is 0 Å². The Labute approximate surface area is 112 Å². The van der Waals surface area contributed by atoms with Gasteiger partial charge in [0.25, 0.3) is 0 Å². The second-order valence-corrected chi connectivity index (χ2v) is 5.24. The summed E-state index contributed by atoms with van der Waals surface area (Å²) in [5.41, 5.74) is 0.993. The molecule has 0 radical (unpaired) electrons. The minimum atomic E-state index is 0.585. The van der Waals surface area contributed by atoms with Gasteiger partial charge in [0.15, 0.2) is 0 Å². The second kappa shape index (κ2) is 5.94. The van der Waals surface area contributed by atoms with Crippen LogP contribution in [-0.4, -0.2) is 31.1 Å². The molecule has 1 aromatic carbocycles. The van der Waals surface area contributed by atoms with Gasteiger partial charge in [-0.1, -0.05) is 23.2 Å². The summed E-state index contributed by atoms with van der Waals surface area (Å²) < 4.78 is 5.70. The number of likely N-dealkylation sites (tertiary alicyclic amines) is 1. The van der Waals surface area contributed by atoms with E-state index in [1.807, 2.05) is 13.0 Å². The molecule has 1 aliphatic rings. The third-order valence-corrected chi connectivity index (χ3v) is 3.78. The van der Waals surface area contributed by atoms with E-state index in [2.05, 4.69) is 4.90 Å². The summed E-state index contributed by atoms with van der Waals surface area (Å²) in [6.07, 6.45) is 2.61. The van der Waals surface area contributed by atoms with E-state index in [0.29, 0.717) is 16.7 Å². The largest absolute Gasteiger partial charge is 0.491 e. The van der Waals surface area contributed by atoms with Gasteiger partial charge < -0.3 is 4.74 Å². The molecule has 1 aromatic rings. The van der Waals surface area contributed by atoms with E-state index in [1.54, 1.807) is 6.07 Å². The lowest BCUT2D eigenvalue weighted by Crippen LogP contribution is -2.25. The smallest absolute Gasteiger partial charge is 0.138 e. The topological polar surface area (TPSA) is 12.5 Å². The molecule has 0 unspecified atom stereocenters. The van der Waals surface area contributed by atoms with Gasteiger partial charge in [0.05, 0.1) is 5.02 Å². The number of hydrogen-bond donors (Lipinski definition) is 0. The van der Waals surface area contributed by atoms with Crippen LogP contribution < -0.4 is 4.74 Å². The minimum absolute atomic E-state index is 0.585. The number of ether oxygens (including phenoxy) is 1. The molecule has 0 saturated carbocycles. The lowest BCUT2D eigenvalue weighted by Gasteiger charge is -2.15. The predicted molar refractivity (Wildman–Crippen MR) is 72.4 cm³/mol. The molecule has 0 bridgehead atoms. The average Bonchev–Trinajstić information content (AvgIpc) is 2.78. The van der Waals surface area contributed by atoms with Crippen LogP contribution >= 0.6 is 23.2 Å². The van der Waals surface area contributed by atoms with Crippen molar-refractivity contribution in [3.8, 4) is 5.75 Å². The molecule has 2 rings (SSSR count). The van der Waals surface area contributed by atoms with Gasteiger partial charge in [-0.05, 0) is 50.6 Å². The van der Waals surface area contributed by atoms with Crippen LogP contribution in [0.1, 0.15) is 18.4 Å². The summed E-state index contributed by atoms with van der Waals surface area (Å²) in [6, 6.07) is 3.64. The Hall–Kier alpha value is -0.440. The highest BCUT2D eigenvalue weighted by molar-refractivity contribution is 6.35. The summed E-state index contributed by atoms with van der Waals surface area (Å²) in [7, 11) is 0. The molecule has 17 heavy (non-hydrogen) atoms. The third kappa shape index (κ3) is 3.51. The van der Waals surface area contributed by atoms with Gasteiger partial charge >= 0.3 is 0 Å². The van der Waals surface area contributed by atoms with Crippen LogP contribution in [0.15, 0.2) is 12.1 Å². The summed E-state index contributed by atoms with van der Waals surface area (Å²) in [5.74, 6) is 0.729. The first-order valence-corrected chi connectivity index (χ1v) is 6.73. The summed E-state index contributed by atoms with van der Waals surface area (Å²) in [4.78, 5) is 2.41. The highest BCUT2D eigenvalue weighted by Crippen LogP contribution is 2.30. The van der Waals surface area contributed by atoms with Crippen molar-refractivity contribution in [1.82, 2.24) is 4.90 Å². The van der Waals surface area contributed by atoms with Gasteiger partial charge in [-0.3, -0.25) is 4.90 Å². The van der Waals surface area contributed by atoms with Crippen molar-refractivity contribution >= 4 is 23.2 Å². The normalized spacial score (nSPS) is 16.4. The van der Waals surface area contributed by atoms with Crippen LogP contribution in [0.25, 0.3) is 0 Å². The van der Waals surface area contributed by atoms with Gasteiger partial charge in [0.1, 0.15) is 12.4 Å². The Morgan fingerprint density at radius 2 is 1.88 bits per heavy atom. The number of rotatable bonds is 4. The zero-order chi connectivity index (χ0) is 12.3. The van der Waals surface area contributed by atoms with E-state index in [9.17, 15) is 0 Å². The Morgan fingerprint density at radius 1 is 1.18 bits per heavy atom. The lowest BCUT2D eigenvalue weighted by atomic mass is 10.2. The number of nitrogens with zero attached hydrogens (tertiary/aromatic N) is 1. The first-order chi connectivity index (χ1) is 8.16. The molecular weight excluding hydrogens is 257 g/mol. The Morgan fingerprint density at radius 3 is 2.59 bits per heavy atom. The Bertz CT molecular complexity index is 389. The summed E-state index contributed by atoms with van der Waals surface area (Å²) in [6.45, 7) is 5.98. The molecule has 1 heterocycles. The predicted octanol–water partition coefficient (Wildman–Crippen LogP) is 3.78. The molecule has 1 aliphatic heterocycles. The van der Waals surface area contributed by atoms with Gasteiger partial charge in [-0.25, -0.2) is 0 Å². The zero-order valence-corrected chi connectivity index (χ0v) is 11.5. The van der Waals surface area contributed by atoms with Crippen LogP contribution in [0, 0.1) is 6.92 Å². The maximum absolute atomic E-state index is 6.07. The molecule has 0 aromatic heterocycles. The maximum Gasteiger partial charge on any atom is 0.138 e. The monoisotopic (exact) mass is 273 g/mol. The number of halogens is 2. The molecule has 0 aliphatic carbocycles. The van der Waals surface area contributed by atoms with Crippen molar-refractivity contribution in [2.45, 2.75) is 19.8 Å². The van der Waals surface area contributed by atoms with Crippen LogP contribution in [0.4, 0.5) is 0 Å². The van der Waals surface area contributed by atoms with E-state index in [0.717, 1.165) is 17.9 Å². The van der Waals surface area contributed by atoms with E-state index in [1.165, 1.54) is 25.9 Å². The average molecular weight is 274 g/mol. The van der Waals surface area contributed by atoms with Crippen LogP contribution in [-0.2, 0) is 0 Å². The molecule has 0 N–H and O–H groups in total. The molecule has 0 amide bonds. The van der Waals surface area contributed by atoms with E-state index in [4.69, 9.17) is 27.9 Å². The first kappa shape index (κ1) is 13.0. The number of hydrogen-bond acceptors (Lipinski definition) is 2. The fourth-order valence-electron chi connectivity index (χ4n) is 2.03. The molecule has 1 saturated heterocycles. The van der Waals surface area contributed by atoms with Crippen LogP contribution in [0.5, 0.6) is 5.75 Å². The van der Waals surface area contributed by atoms with Gasteiger partial charge in [0.2, 0.25) is 0 Å². The quantitative estimate of drug-likeness (QED) is 0.828. The van der Waals surface area contributed by atoms with Crippen molar-refractivity contribution in [3.05, 3.63) is 27.7 Å². The van der Waals surface area contributed by atoms with E-state index >= 15 is 0 Å².